The number of carbonyl (C=O) groups is 1. The molecule has 1 saturated carbocycles. The predicted octanol–water partition coefficient (Wildman–Crippen LogP) is 2.94. The average Bonchev–Trinajstić information content (AvgIpc) is 3.02. The van der Waals surface area contributed by atoms with Gasteiger partial charge in [-0.2, -0.15) is 0 Å². The van der Waals surface area contributed by atoms with Gasteiger partial charge in [-0.3, -0.25) is 4.79 Å². The lowest BCUT2D eigenvalue weighted by Gasteiger charge is -2.17. The molecule has 1 fully saturated rings. The molecule has 1 amide bonds. The van der Waals surface area contributed by atoms with Crippen molar-refractivity contribution in [1.82, 2.24) is 5.32 Å². The first-order chi connectivity index (χ1) is 9.19. The number of hydrogen-bond acceptors (Lipinski definition) is 3. The average molecular weight is 300 g/mol. The van der Waals surface area contributed by atoms with Gasteiger partial charge in [0.2, 0.25) is 5.91 Å². The summed E-state index contributed by atoms with van der Waals surface area (Å²) in [6.45, 7) is 0.879. The van der Waals surface area contributed by atoms with Gasteiger partial charge in [-0.15, -0.1) is 11.3 Å². The molecule has 1 aliphatic carbocycles. The minimum atomic E-state index is -0.0897. The Kier molecular flexibility index (Phi) is 5.43. The second kappa shape index (κ2) is 7.08. The maximum absolute atomic E-state index is 11.7. The van der Waals surface area contributed by atoms with Gasteiger partial charge in [0.15, 0.2) is 0 Å². The lowest BCUT2D eigenvalue weighted by molar-refractivity contribution is -0.116. The molecule has 2 N–H and O–H groups in total. The summed E-state index contributed by atoms with van der Waals surface area (Å²) in [5.41, 5.74) is 0. The molecule has 1 aliphatic rings. The summed E-state index contributed by atoms with van der Waals surface area (Å²) in [6.07, 6.45) is 6.61. The molecule has 19 heavy (non-hydrogen) atoms. The van der Waals surface area contributed by atoms with Gasteiger partial charge in [-0.05, 0) is 42.9 Å². The second-order valence-corrected chi connectivity index (χ2v) is 6.60. The first-order valence-corrected chi connectivity index (χ1v) is 7.70. The molecule has 5 heteroatoms. The third-order valence-electron chi connectivity index (χ3n) is 3.58. The summed E-state index contributed by atoms with van der Waals surface area (Å²) in [7, 11) is 0. The zero-order valence-electron chi connectivity index (χ0n) is 10.6. The number of aliphatic hydroxyl groups excluding tert-OH is 1. The lowest BCUT2D eigenvalue weighted by atomic mass is 9.97. The molecule has 0 aliphatic heterocycles. The van der Waals surface area contributed by atoms with Crippen LogP contribution in [-0.4, -0.2) is 24.2 Å². The molecule has 0 saturated heterocycles. The van der Waals surface area contributed by atoms with Crippen LogP contribution < -0.4 is 5.32 Å². The Morgan fingerprint density at radius 1 is 1.47 bits per heavy atom. The molecular weight excluding hydrogens is 282 g/mol. The van der Waals surface area contributed by atoms with Crippen molar-refractivity contribution in [1.29, 1.82) is 0 Å². The quantitative estimate of drug-likeness (QED) is 0.821. The Hall–Kier alpha value is -0.840. The first kappa shape index (κ1) is 14.6. The smallest absolute Gasteiger partial charge is 0.244 e. The highest BCUT2D eigenvalue weighted by Crippen LogP contribution is 2.30. The van der Waals surface area contributed by atoms with Gasteiger partial charge in [-0.1, -0.05) is 18.0 Å². The van der Waals surface area contributed by atoms with Crippen LogP contribution in [0.4, 0.5) is 0 Å². The summed E-state index contributed by atoms with van der Waals surface area (Å²) in [4.78, 5) is 12.7. The van der Waals surface area contributed by atoms with Gasteiger partial charge in [0, 0.05) is 24.1 Å². The maximum atomic E-state index is 11.7. The van der Waals surface area contributed by atoms with E-state index in [0.717, 1.165) is 28.5 Å². The van der Waals surface area contributed by atoms with Crippen molar-refractivity contribution in [3.05, 3.63) is 27.4 Å². The minimum absolute atomic E-state index is 0.0897. The Morgan fingerprint density at radius 2 is 2.26 bits per heavy atom. The van der Waals surface area contributed by atoms with Crippen molar-refractivity contribution in [2.45, 2.75) is 19.3 Å². The Bertz CT molecular complexity index is 458. The molecule has 2 rings (SSSR count). The van der Waals surface area contributed by atoms with E-state index in [0.29, 0.717) is 18.4 Å². The van der Waals surface area contributed by atoms with Crippen LogP contribution in [0.1, 0.15) is 24.1 Å². The summed E-state index contributed by atoms with van der Waals surface area (Å²) in [6, 6.07) is 3.70. The molecule has 0 spiro atoms. The van der Waals surface area contributed by atoms with Gasteiger partial charge in [0.05, 0.1) is 4.34 Å². The topological polar surface area (TPSA) is 49.3 Å². The van der Waals surface area contributed by atoms with Crippen LogP contribution in [0.2, 0.25) is 4.34 Å². The van der Waals surface area contributed by atoms with Crippen molar-refractivity contribution in [2.24, 2.45) is 11.8 Å². The van der Waals surface area contributed by atoms with E-state index in [1.165, 1.54) is 17.4 Å². The van der Waals surface area contributed by atoms with E-state index in [1.54, 1.807) is 6.08 Å². The number of thiophene rings is 1. The highest BCUT2D eigenvalue weighted by Gasteiger charge is 2.26. The largest absolute Gasteiger partial charge is 0.396 e. The number of nitrogens with one attached hydrogen (secondary N) is 1. The van der Waals surface area contributed by atoms with Crippen molar-refractivity contribution in [3.8, 4) is 0 Å². The molecule has 2 unspecified atom stereocenters. The molecule has 104 valence electrons. The maximum Gasteiger partial charge on any atom is 0.244 e. The number of halogens is 1. The third kappa shape index (κ3) is 4.34. The predicted molar refractivity (Wildman–Crippen MR) is 79.3 cm³/mol. The Morgan fingerprint density at radius 3 is 2.95 bits per heavy atom. The van der Waals surface area contributed by atoms with E-state index in [-0.39, 0.29) is 12.5 Å². The highest BCUT2D eigenvalue weighted by atomic mass is 35.5. The fourth-order valence-corrected chi connectivity index (χ4v) is 3.45. The SMILES string of the molecule is O=C(C=Cc1ccc(Cl)s1)NCC1CCCC1CO. The van der Waals surface area contributed by atoms with Crippen molar-refractivity contribution >= 4 is 34.9 Å². The summed E-state index contributed by atoms with van der Waals surface area (Å²) in [5.74, 6) is 0.673. The van der Waals surface area contributed by atoms with Crippen molar-refractivity contribution in [3.63, 3.8) is 0 Å². The summed E-state index contributed by atoms with van der Waals surface area (Å²) < 4.78 is 0.719. The van der Waals surface area contributed by atoms with Gasteiger partial charge in [0.25, 0.3) is 0 Å². The number of rotatable bonds is 5. The Balaban J connectivity index is 1.77. The van der Waals surface area contributed by atoms with Crippen LogP contribution in [0.3, 0.4) is 0 Å². The van der Waals surface area contributed by atoms with Gasteiger partial charge >= 0.3 is 0 Å². The molecule has 1 heterocycles. The van der Waals surface area contributed by atoms with E-state index in [9.17, 15) is 9.90 Å². The first-order valence-electron chi connectivity index (χ1n) is 6.51. The number of hydrogen-bond donors (Lipinski definition) is 2. The summed E-state index contributed by atoms with van der Waals surface area (Å²) >= 11 is 7.26. The van der Waals surface area contributed by atoms with E-state index in [1.807, 2.05) is 12.1 Å². The van der Waals surface area contributed by atoms with E-state index >= 15 is 0 Å². The van der Waals surface area contributed by atoms with Crippen LogP contribution in [0.15, 0.2) is 18.2 Å². The molecular formula is C14H18ClNO2S. The van der Waals surface area contributed by atoms with E-state index < -0.39 is 0 Å². The molecule has 1 aromatic rings. The molecule has 0 aromatic carbocycles. The van der Waals surface area contributed by atoms with Gasteiger partial charge in [0.1, 0.15) is 0 Å². The normalized spacial score (nSPS) is 23.1. The fourth-order valence-electron chi connectivity index (χ4n) is 2.49. The molecule has 0 radical (unpaired) electrons. The highest BCUT2D eigenvalue weighted by molar-refractivity contribution is 7.17. The van der Waals surface area contributed by atoms with Gasteiger partial charge in [-0.25, -0.2) is 0 Å². The molecule has 2 atom stereocenters. The molecule has 1 aromatic heterocycles. The third-order valence-corrected chi connectivity index (χ3v) is 4.78. The summed E-state index contributed by atoms with van der Waals surface area (Å²) in [5, 5.41) is 12.1. The minimum Gasteiger partial charge on any atom is -0.396 e. The Labute approximate surface area is 122 Å². The van der Waals surface area contributed by atoms with E-state index in [2.05, 4.69) is 5.32 Å². The van der Waals surface area contributed by atoms with Crippen LogP contribution in [0, 0.1) is 11.8 Å². The molecule has 3 nitrogen and oxygen atoms in total. The number of amides is 1. The van der Waals surface area contributed by atoms with Crippen LogP contribution in [0.25, 0.3) is 6.08 Å². The number of carbonyl (C=O) groups excluding carboxylic acids is 1. The van der Waals surface area contributed by atoms with Crippen molar-refractivity contribution < 1.29 is 9.90 Å². The zero-order chi connectivity index (χ0) is 13.7. The van der Waals surface area contributed by atoms with Gasteiger partial charge < -0.3 is 10.4 Å². The standard InChI is InChI=1S/C14H18ClNO2S/c15-13-6-4-12(19-13)5-7-14(18)16-8-10-2-1-3-11(10)9-17/h4-7,10-11,17H,1-3,8-9H2,(H,16,18). The number of aliphatic hydroxyl groups is 1. The van der Waals surface area contributed by atoms with E-state index in [4.69, 9.17) is 11.6 Å². The van der Waals surface area contributed by atoms with Crippen LogP contribution >= 0.6 is 22.9 Å². The monoisotopic (exact) mass is 299 g/mol. The van der Waals surface area contributed by atoms with Crippen LogP contribution in [0.5, 0.6) is 0 Å². The van der Waals surface area contributed by atoms with Crippen molar-refractivity contribution in [2.75, 3.05) is 13.2 Å². The molecule has 0 bridgehead atoms. The second-order valence-electron chi connectivity index (χ2n) is 4.85. The van der Waals surface area contributed by atoms with Crippen LogP contribution in [-0.2, 0) is 4.79 Å². The fraction of sp³-hybridized carbons (Fsp3) is 0.500. The lowest BCUT2D eigenvalue weighted by Crippen LogP contribution is -2.30. The zero-order valence-corrected chi connectivity index (χ0v) is 12.2.